The highest BCUT2D eigenvalue weighted by molar-refractivity contribution is 5.66. The van der Waals surface area contributed by atoms with Crippen LogP contribution in [-0.4, -0.2) is 28.4 Å². The maximum atomic E-state index is 10.7. The normalized spacial score (nSPS) is 22.6. The number of aliphatic hydroxyl groups is 1. The molecule has 1 fully saturated rings. The molecule has 28 heavy (non-hydrogen) atoms. The minimum atomic E-state index is -0.775. The maximum Gasteiger partial charge on any atom is 0.303 e. The molecule has 1 aliphatic rings. The molecular formula is C24H32O4. The fourth-order valence-electron chi connectivity index (χ4n) is 3.58. The van der Waals surface area contributed by atoms with E-state index in [4.69, 9.17) is 9.84 Å². The van der Waals surface area contributed by atoms with E-state index >= 15 is 0 Å². The number of ether oxygens (including phenoxy) is 1. The summed E-state index contributed by atoms with van der Waals surface area (Å²) in [6, 6.07) is 7.80. The van der Waals surface area contributed by atoms with Crippen molar-refractivity contribution in [3.63, 3.8) is 0 Å². The third-order valence-corrected chi connectivity index (χ3v) is 5.19. The Morgan fingerprint density at radius 1 is 1.36 bits per heavy atom. The lowest BCUT2D eigenvalue weighted by atomic mass is 10.0. The highest BCUT2D eigenvalue weighted by atomic mass is 16.5. The molecule has 2 N–H and O–H groups in total. The van der Waals surface area contributed by atoms with Crippen molar-refractivity contribution in [3.8, 4) is 17.6 Å². The van der Waals surface area contributed by atoms with Crippen LogP contribution < -0.4 is 4.74 Å². The van der Waals surface area contributed by atoms with Crippen LogP contribution >= 0.6 is 0 Å². The second-order valence-electron chi connectivity index (χ2n) is 7.70. The maximum absolute atomic E-state index is 10.7. The quantitative estimate of drug-likeness (QED) is 0.457. The number of rotatable bonds is 10. The van der Waals surface area contributed by atoms with Gasteiger partial charge in [0.05, 0.1) is 6.10 Å². The monoisotopic (exact) mass is 384 g/mol. The van der Waals surface area contributed by atoms with Crippen LogP contribution in [0.25, 0.3) is 0 Å². The number of aliphatic carboxylic acids is 1. The third kappa shape index (κ3) is 7.40. The number of hydrogen-bond donors (Lipinski definition) is 2. The second kappa shape index (κ2) is 11.6. The zero-order chi connectivity index (χ0) is 20.4. The molecular weight excluding hydrogens is 352 g/mol. The number of carbonyl (C=O) groups is 1. The summed E-state index contributed by atoms with van der Waals surface area (Å²) in [5, 5.41) is 19.2. The fourth-order valence-corrected chi connectivity index (χ4v) is 3.58. The van der Waals surface area contributed by atoms with Crippen LogP contribution in [0.5, 0.6) is 5.75 Å². The largest absolute Gasteiger partial charge is 0.490 e. The van der Waals surface area contributed by atoms with E-state index in [1.54, 1.807) is 0 Å². The number of allylic oxidation sites excluding steroid dienone is 1. The van der Waals surface area contributed by atoms with Gasteiger partial charge in [0.2, 0.25) is 0 Å². The molecule has 0 aromatic heterocycles. The number of para-hydroxylation sites is 1. The number of aliphatic hydroxyl groups excluding tert-OH is 1. The lowest BCUT2D eigenvalue weighted by Crippen LogP contribution is -2.14. The lowest BCUT2D eigenvalue weighted by molar-refractivity contribution is -0.137. The molecule has 0 bridgehead atoms. The van der Waals surface area contributed by atoms with Crippen LogP contribution in [0.1, 0.15) is 57.9 Å². The highest BCUT2D eigenvalue weighted by Gasteiger charge is 2.32. The molecule has 4 nitrogen and oxygen atoms in total. The van der Waals surface area contributed by atoms with E-state index < -0.39 is 5.97 Å². The van der Waals surface area contributed by atoms with Gasteiger partial charge in [0.1, 0.15) is 11.9 Å². The molecule has 1 aromatic carbocycles. The molecule has 1 aliphatic carbocycles. The van der Waals surface area contributed by atoms with Crippen molar-refractivity contribution >= 4 is 5.97 Å². The van der Waals surface area contributed by atoms with E-state index in [2.05, 4.69) is 30.9 Å². The van der Waals surface area contributed by atoms with E-state index in [9.17, 15) is 9.90 Å². The van der Waals surface area contributed by atoms with E-state index in [1.165, 1.54) is 0 Å². The Hall–Kier alpha value is -2.25. The summed E-state index contributed by atoms with van der Waals surface area (Å²) in [5.41, 5.74) is 1.03. The number of benzene rings is 1. The van der Waals surface area contributed by atoms with Crippen LogP contribution in [0.4, 0.5) is 0 Å². The van der Waals surface area contributed by atoms with E-state index in [0.717, 1.165) is 30.6 Å². The van der Waals surface area contributed by atoms with Crippen molar-refractivity contribution in [3.05, 3.63) is 42.0 Å². The molecule has 0 saturated heterocycles. The Morgan fingerprint density at radius 2 is 2.14 bits per heavy atom. The van der Waals surface area contributed by atoms with Gasteiger partial charge in [-0.2, -0.15) is 0 Å². The number of aryl methyl sites for hydroxylation is 1. The summed E-state index contributed by atoms with van der Waals surface area (Å²) in [6.07, 6.45) is 8.61. The van der Waals surface area contributed by atoms with Crippen molar-refractivity contribution in [2.45, 2.75) is 71.0 Å². The van der Waals surface area contributed by atoms with Crippen molar-refractivity contribution in [2.75, 3.05) is 0 Å². The molecule has 1 aromatic rings. The number of carboxylic acid groups (broad SMARTS) is 1. The predicted octanol–water partition coefficient (Wildman–Crippen LogP) is 4.61. The zero-order valence-corrected chi connectivity index (χ0v) is 16.9. The molecule has 0 spiro atoms. The molecule has 4 atom stereocenters. The molecule has 0 radical (unpaired) electrons. The first-order valence-corrected chi connectivity index (χ1v) is 10.2. The summed E-state index contributed by atoms with van der Waals surface area (Å²) < 4.78 is 6.19. The molecule has 0 aliphatic heterocycles. The molecule has 4 heteroatoms. The van der Waals surface area contributed by atoms with Gasteiger partial charge in [-0.15, -0.1) is 11.8 Å². The van der Waals surface area contributed by atoms with Gasteiger partial charge in [-0.3, -0.25) is 4.79 Å². The van der Waals surface area contributed by atoms with Crippen molar-refractivity contribution in [2.24, 2.45) is 11.8 Å². The van der Waals surface area contributed by atoms with Crippen LogP contribution in [0.15, 0.2) is 36.4 Å². The minimum Gasteiger partial charge on any atom is -0.490 e. The summed E-state index contributed by atoms with van der Waals surface area (Å²) in [7, 11) is 0. The zero-order valence-electron chi connectivity index (χ0n) is 16.9. The van der Waals surface area contributed by atoms with Gasteiger partial charge in [-0.05, 0) is 50.2 Å². The first kappa shape index (κ1) is 22.0. The lowest BCUT2D eigenvalue weighted by Gasteiger charge is -2.16. The van der Waals surface area contributed by atoms with Gasteiger partial charge >= 0.3 is 5.97 Å². The Balaban J connectivity index is 1.87. The van der Waals surface area contributed by atoms with Crippen LogP contribution in [-0.2, 0) is 11.2 Å². The minimum absolute atomic E-state index is 0.0198. The number of hydrogen-bond acceptors (Lipinski definition) is 3. The molecule has 2 unspecified atom stereocenters. The average Bonchev–Trinajstić information content (AvgIpc) is 3.00. The molecule has 152 valence electrons. The summed E-state index contributed by atoms with van der Waals surface area (Å²) >= 11 is 0. The molecule has 1 saturated carbocycles. The third-order valence-electron chi connectivity index (χ3n) is 5.19. The van der Waals surface area contributed by atoms with Crippen molar-refractivity contribution in [1.29, 1.82) is 0 Å². The average molecular weight is 385 g/mol. The van der Waals surface area contributed by atoms with Crippen LogP contribution in [0, 0.1) is 23.7 Å². The molecule has 0 amide bonds. The molecule has 0 heterocycles. The second-order valence-corrected chi connectivity index (χ2v) is 7.70. The first-order valence-electron chi connectivity index (χ1n) is 10.2. The van der Waals surface area contributed by atoms with Gasteiger partial charge in [0, 0.05) is 25.2 Å². The van der Waals surface area contributed by atoms with Crippen molar-refractivity contribution in [1.82, 2.24) is 0 Å². The Kier molecular flexibility index (Phi) is 9.10. The SMILES string of the molecule is CC#CCC(C)C/C=C/C1C[C@@H](Oc2ccccc2CCCC(=O)O)C[C@H]1O. The van der Waals surface area contributed by atoms with Crippen LogP contribution in [0.2, 0.25) is 0 Å². The Labute approximate surface area is 168 Å². The topological polar surface area (TPSA) is 66.8 Å². The van der Waals surface area contributed by atoms with Gasteiger partial charge < -0.3 is 14.9 Å². The Bertz CT molecular complexity index is 713. The van der Waals surface area contributed by atoms with Gasteiger partial charge in [-0.1, -0.05) is 37.3 Å². The van der Waals surface area contributed by atoms with Gasteiger partial charge in [-0.25, -0.2) is 0 Å². The van der Waals surface area contributed by atoms with Gasteiger partial charge in [0.25, 0.3) is 0 Å². The fraction of sp³-hybridized carbons (Fsp3) is 0.542. The highest BCUT2D eigenvalue weighted by Crippen LogP contribution is 2.32. The summed E-state index contributed by atoms with van der Waals surface area (Å²) in [5.74, 6) is 6.71. The van der Waals surface area contributed by atoms with Crippen LogP contribution in [0.3, 0.4) is 0 Å². The number of carboxylic acids is 1. The van der Waals surface area contributed by atoms with Gasteiger partial charge in [0.15, 0.2) is 0 Å². The Morgan fingerprint density at radius 3 is 2.89 bits per heavy atom. The smallest absolute Gasteiger partial charge is 0.303 e. The standard InChI is InChI=1S/C24H32O4/c1-3-4-9-18(2)10-7-13-20-16-21(17-22(20)25)28-23-14-6-5-11-19(23)12-8-15-24(26)27/h5-7,11,13-14,18,20-22,25H,8-10,12,15-17H2,1-2H3,(H,26,27)/b13-7+/t18?,20?,21-,22-/m1/s1. The summed E-state index contributed by atoms with van der Waals surface area (Å²) in [6.45, 7) is 4.05. The molecule has 2 rings (SSSR count). The van der Waals surface area contributed by atoms with E-state index in [-0.39, 0.29) is 24.5 Å². The van der Waals surface area contributed by atoms with E-state index in [1.807, 2.05) is 31.2 Å². The first-order chi connectivity index (χ1) is 13.5. The summed E-state index contributed by atoms with van der Waals surface area (Å²) in [4.78, 5) is 10.7. The predicted molar refractivity (Wildman–Crippen MR) is 111 cm³/mol. The van der Waals surface area contributed by atoms with E-state index in [0.29, 0.717) is 25.2 Å². The van der Waals surface area contributed by atoms with Crippen molar-refractivity contribution < 1.29 is 19.7 Å².